The molecule has 1 aromatic heterocycles. The number of para-hydroxylation sites is 1. The lowest BCUT2D eigenvalue weighted by Gasteiger charge is -2.34. The molecule has 0 saturated carbocycles. The van der Waals surface area contributed by atoms with Crippen molar-refractivity contribution in [3.8, 4) is 29.0 Å². The van der Waals surface area contributed by atoms with Gasteiger partial charge in [-0.25, -0.2) is 0 Å². The molecule has 0 unspecified atom stereocenters. The average molecular weight is 628 g/mol. The van der Waals surface area contributed by atoms with Gasteiger partial charge in [-0.05, 0) is 80.4 Å². The fourth-order valence-electron chi connectivity index (χ4n) is 7.28. The predicted molar refractivity (Wildman–Crippen MR) is 199 cm³/mol. The number of nitriles is 2. The van der Waals surface area contributed by atoms with Crippen molar-refractivity contribution in [3.05, 3.63) is 187 Å². The van der Waals surface area contributed by atoms with E-state index in [1.807, 2.05) is 24.3 Å². The zero-order chi connectivity index (χ0) is 32.5. The third kappa shape index (κ3) is 4.72. The number of hydrogen-bond acceptors (Lipinski definition) is 2. The normalized spacial score (nSPS) is 11.3. The van der Waals surface area contributed by atoms with Gasteiger partial charge in [0.25, 0.3) is 0 Å². The Balaban J connectivity index is 1.35. The molecule has 0 aliphatic rings. The topological polar surface area (TPSA) is 52.5 Å². The van der Waals surface area contributed by atoms with E-state index in [1.165, 1.54) is 20.7 Å². The van der Waals surface area contributed by atoms with E-state index >= 15 is 0 Å². The van der Waals surface area contributed by atoms with Gasteiger partial charge in [0.1, 0.15) is 0 Å². The Morgan fingerprint density at radius 3 is 1.65 bits per heavy atom. The summed E-state index contributed by atoms with van der Waals surface area (Å²) in [4.78, 5) is 0. The second kappa shape index (κ2) is 12.0. The maximum Gasteiger partial charge on any atom is 0.179 e. The molecule has 224 valence electrons. The highest BCUT2D eigenvalue weighted by atomic mass is 28.3. The molecule has 0 radical (unpaired) electrons. The zero-order valence-corrected chi connectivity index (χ0v) is 27.1. The van der Waals surface area contributed by atoms with E-state index in [0.717, 1.165) is 38.6 Å². The summed E-state index contributed by atoms with van der Waals surface area (Å²) in [6.07, 6.45) is 0. The minimum atomic E-state index is -2.84. The van der Waals surface area contributed by atoms with Gasteiger partial charge in [0.2, 0.25) is 0 Å². The maximum atomic E-state index is 9.94. The van der Waals surface area contributed by atoms with E-state index in [2.05, 4.69) is 168 Å². The van der Waals surface area contributed by atoms with Gasteiger partial charge in [-0.1, -0.05) is 127 Å². The number of fused-ring (bicyclic) bond motifs is 3. The molecule has 8 aromatic rings. The first-order chi connectivity index (χ1) is 23.7. The SMILES string of the molecule is N#Cc1cccc([Si](c2ccccc2)(c2ccccc2)c2cccc(-c3cccc(-n4c5ccccc5c5cc(C#N)ccc54)c3)c2)c1. The standard InChI is InChI=1S/C44H29N3Si/c45-30-32-12-9-20-39(26-32)48(37-16-3-1-4-17-37,38-18-5-2-6-19-38)40-21-11-14-35(29-40)34-13-10-15-36(28-34)47-43-23-8-7-22-41(43)42-27-33(31-46)24-25-44(42)47/h1-29H. The average Bonchev–Trinajstić information content (AvgIpc) is 3.50. The van der Waals surface area contributed by atoms with Crippen LogP contribution in [0.3, 0.4) is 0 Å². The summed E-state index contributed by atoms with van der Waals surface area (Å²) >= 11 is 0. The Kier molecular flexibility index (Phi) is 7.27. The monoisotopic (exact) mass is 627 g/mol. The fourth-order valence-corrected chi connectivity index (χ4v) is 12.1. The van der Waals surface area contributed by atoms with Gasteiger partial charge in [0.05, 0.1) is 34.3 Å². The van der Waals surface area contributed by atoms with Crippen molar-refractivity contribution in [2.75, 3.05) is 0 Å². The van der Waals surface area contributed by atoms with E-state index < -0.39 is 8.07 Å². The van der Waals surface area contributed by atoms with Crippen molar-refractivity contribution in [1.29, 1.82) is 10.5 Å². The first-order valence-electron chi connectivity index (χ1n) is 16.0. The van der Waals surface area contributed by atoms with Crippen LogP contribution in [0.15, 0.2) is 176 Å². The Morgan fingerprint density at radius 1 is 0.396 bits per heavy atom. The Morgan fingerprint density at radius 2 is 0.938 bits per heavy atom. The molecule has 0 N–H and O–H groups in total. The second-order valence-electron chi connectivity index (χ2n) is 12.0. The van der Waals surface area contributed by atoms with E-state index in [-0.39, 0.29) is 0 Å². The number of rotatable bonds is 6. The van der Waals surface area contributed by atoms with Crippen molar-refractivity contribution in [2.24, 2.45) is 0 Å². The van der Waals surface area contributed by atoms with Gasteiger partial charge < -0.3 is 4.57 Å². The summed E-state index contributed by atoms with van der Waals surface area (Å²) in [5, 5.41) is 26.7. The van der Waals surface area contributed by atoms with Crippen LogP contribution in [0, 0.1) is 22.7 Å². The molecular weight excluding hydrogens is 599 g/mol. The summed E-state index contributed by atoms with van der Waals surface area (Å²) in [6, 6.07) is 66.4. The molecule has 4 heteroatoms. The van der Waals surface area contributed by atoms with Crippen LogP contribution in [-0.4, -0.2) is 12.6 Å². The Bertz CT molecular complexity index is 2500. The lowest BCUT2D eigenvalue weighted by atomic mass is 10.1. The molecule has 7 aromatic carbocycles. The van der Waals surface area contributed by atoms with Gasteiger partial charge in [-0.15, -0.1) is 0 Å². The maximum absolute atomic E-state index is 9.94. The zero-order valence-electron chi connectivity index (χ0n) is 26.1. The van der Waals surface area contributed by atoms with Gasteiger partial charge in [-0.2, -0.15) is 10.5 Å². The molecule has 8 rings (SSSR count). The highest BCUT2D eigenvalue weighted by molar-refractivity contribution is 7.19. The third-order valence-electron chi connectivity index (χ3n) is 9.37. The van der Waals surface area contributed by atoms with Crippen LogP contribution >= 0.6 is 0 Å². The summed E-state index contributed by atoms with van der Waals surface area (Å²) < 4.78 is 2.29. The molecule has 0 amide bonds. The number of nitrogens with zero attached hydrogens (tertiary/aromatic N) is 3. The highest BCUT2D eigenvalue weighted by Crippen LogP contribution is 2.34. The molecule has 0 saturated heterocycles. The summed E-state index contributed by atoms with van der Waals surface area (Å²) in [5.74, 6) is 0. The lowest BCUT2D eigenvalue weighted by Crippen LogP contribution is -2.74. The van der Waals surface area contributed by atoms with E-state index in [0.29, 0.717) is 11.1 Å². The molecule has 0 spiro atoms. The lowest BCUT2D eigenvalue weighted by molar-refractivity contribution is 1.18. The van der Waals surface area contributed by atoms with Crippen molar-refractivity contribution in [1.82, 2.24) is 4.57 Å². The second-order valence-corrected chi connectivity index (χ2v) is 15.8. The first-order valence-corrected chi connectivity index (χ1v) is 18.0. The van der Waals surface area contributed by atoms with Crippen molar-refractivity contribution < 1.29 is 0 Å². The smallest absolute Gasteiger partial charge is 0.179 e. The molecule has 1 heterocycles. The van der Waals surface area contributed by atoms with E-state index in [9.17, 15) is 10.5 Å². The van der Waals surface area contributed by atoms with Crippen LogP contribution in [0.1, 0.15) is 11.1 Å². The first kappa shape index (κ1) is 29.0. The highest BCUT2D eigenvalue weighted by Gasteiger charge is 2.41. The van der Waals surface area contributed by atoms with Crippen LogP contribution in [0.5, 0.6) is 0 Å². The molecule has 0 bridgehead atoms. The largest absolute Gasteiger partial charge is 0.309 e. The van der Waals surface area contributed by atoms with E-state index in [4.69, 9.17) is 0 Å². The summed E-state index contributed by atoms with van der Waals surface area (Å²) in [6.45, 7) is 0. The molecule has 0 fully saturated rings. The van der Waals surface area contributed by atoms with Gasteiger partial charge in [0, 0.05) is 16.5 Å². The fraction of sp³-hybridized carbons (Fsp3) is 0. The Labute approximate surface area is 280 Å². The molecular formula is C44H29N3Si. The van der Waals surface area contributed by atoms with E-state index in [1.54, 1.807) is 0 Å². The minimum Gasteiger partial charge on any atom is -0.309 e. The van der Waals surface area contributed by atoms with Crippen LogP contribution in [0.2, 0.25) is 0 Å². The van der Waals surface area contributed by atoms with Crippen LogP contribution in [0.25, 0.3) is 38.6 Å². The quantitative estimate of drug-likeness (QED) is 0.141. The molecule has 0 aliphatic carbocycles. The number of benzene rings is 7. The predicted octanol–water partition coefficient (Wildman–Crippen LogP) is 7.57. The molecule has 0 atom stereocenters. The Hall–Kier alpha value is -6.46. The number of hydrogen-bond donors (Lipinski definition) is 0. The molecule has 0 aliphatic heterocycles. The molecule has 48 heavy (non-hydrogen) atoms. The number of aromatic nitrogens is 1. The summed E-state index contributed by atoms with van der Waals surface area (Å²) in [7, 11) is -2.84. The molecule has 3 nitrogen and oxygen atoms in total. The van der Waals surface area contributed by atoms with Crippen LogP contribution < -0.4 is 20.7 Å². The van der Waals surface area contributed by atoms with Gasteiger partial charge in [0.15, 0.2) is 8.07 Å². The summed E-state index contributed by atoms with van der Waals surface area (Å²) in [5.41, 5.74) is 6.79. The third-order valence-corrected chi connectivity index (χ3v) is 14.1. The minimum absolute atomic E-state index is 0.653. The van der Waals surface area contributed by atoms with Crippen molar-refractivity contribution in [2.45, 2.75) is 0 Å². The van der Waals surface area contributed by atoms with Gasteiger partial charge in [-0.3, -0.25) is 0 Å². The van der Waals surface area contributed by atoms with Crippen LogP contribution in [-0.2, 0) is 0 Å². The van der Waals surface area contributed by atoms with Gasteiger partial charge >= 0.3 is 0 Å². The van der Waals surface area contributed by atoms with Crippen molar-refractivity contribution >= 4 is 50.6 Å². The van der Waals surface area contributed by atoms with Crippen LogP contribution in [0.4, 0.5) is 0 Å². The van der Waals surface area contributed by atoms with Crippen molar-refractivity contribution in [3.63, 3.8) is 0 Å².